The molecular formula is C114H130O27. The molecule has 27 nitrogen and oxygen atoms in total. The Hall–Kier alpha value is -15.6. The average molecular weight is 1930 g/mol. The summed E-state index contributed by atoms with van der Waals surface area (Å²) in [5.74, 6) is -3.15. The van der Waals surface area contributed by atoms with E-state index in [1.807, 2.05) is 39.7 Å². The molecule has 2 aliphatic rings. The van der Waals surface area contributed by atoms with Gasteiger partial charge in [-0.3, -0.25) is 4.79 Å². The van der Waals surface area contributed by atoms with Gasteiger partial charge in [-0.05, 0) is 251 Å². The molecule has 22 N–H and O–H groups in total. The van der Waals surface area contributed by atoms with Crippen LogP contribution < -0.4 is 0 Å². The maximum Gasteiger partial charge on any atom is 0.185 e. The van der Waals surface area contributed by atoms with Gasteiger partial charge in [-0.2, -0.15) is 0 Å². The number of phenols is 22. The molecule has 1 saturated heterocycles. The van der Waals surface area contributed by atoms with Crippen LogP contribution in [-0.2, 0) is 73.7 Å². The summed E-state index contributed by atoms with van der Waals surface area (Å²) in [5, 5.41) is 236. The number of furan rings is 2. The summed E-state index contributed by atoms with van der Waals surface area (Å²) in [7, 11) is 0. The lowest BCUT2D eigenvalue weighted by Gasteiger charge is -2.41. The number of benzene rings is 11. The largest absolute Gasteiger partial charge is 0.508 e. The Morgan fingerprint density at radius 3 is 1.01 bits per heavy atom. The van der Waals surface area contributed by atoms with E-state index < -0.39 is 17.4 Å². The van der Waals surface area contributed by atoms with E-state index in [1.54, 1.807) is 133 Å². The van der Waals surface area contributed by atoms with Crippen LogP contribution in [-0.4, -0.2) is 137 Å². The molecule has 0 saturated carbocycles. The normalized spacial score (nSPS) is 14.7. The van der Waals surface area contributed by atoms with Crippen molar-refractivity contribution >= 4 is 13.1 Å². The predicted molar refractivity (Wildman–Crippen MR) is 539 cm³/mol. The second-order valence-corrected chi connectivity index (χ2v) is 34.8. The molecule has 11 aromatic carbocycles. The van der Waals surface area contributed by atoms with Crippen molar-refractivity contribution in [2.75, 3.05) is 0 Å². The van der Waals surface area contributed by atoms with E-state index in [-0.39, 0.29) is 234 Å². The van der Waals surface area contributed by atoms with Gasteiger partial charge in [0, 0.05) is 122 Å². The predicted octanol–water partition coefficient (Wildman–Crippen LogP) is 22.5. The molecule has 0 radical (unpaired) electrons. The maximum atomic E-state index is 12.3. The fourth-order valence-electron chi connectivity index (χ4n) is 18.6. The number of aromatic hydroxyl groups is 22. The van der Waals surface area contributed by atoms with Crippen LogP contribution in [0.4, 0.5) is 0 Å². The molecular weight excluding hydrogens is 1800 g/mol. The van der Waals surface area contributed by atoms with E-state index in [1.165, 1.54) is 86.0 Å². The number of aryl methyl sites for hydroxylation is 5. The van der Waals surface area contributed by atoms with Crippen molar-refractivity contribution in [3.05, 3.63) is 327 Å². The van der Waals surface area contributed by atoms with Gasteiger partial charge in [0.15, 0.2) is 12.0 Å². The molecule has 4 heterocycles. The number of fused-ring (bicyclic) bond motifs is 2. The highest BCUT2D eigenvalue weighted by atomic mass is 16.5. The SMILES string of the molecule is C=O.CC/C=C/CC.CCc1c(O)ccc(Cc2c(O)c(C)cc(C(c3cc(Cc4c(O)ccc(C)c4O)c(O)c(CC)c3O)C34C=CC(O3)C(CC)C4CC)c2O)c1O.CCc1c(O)ccc(Cc2c(O)c(C)cc(C(c3ccco3)c3cc(Cc4c(O)ccc(C)c4O)c(O)c(CC)c3O)c2O)c1O.CCc1c(O)ccc(Cc2c(O)ccc(C)c2O)c1O.O=Cc1ccco1.Oc1cccc(O)c1. The number of aldehydes is 1. The first-order chi connectivity index (χ1) is 67.2. The maximum absolute atomic E-state index is 12.3. The minimum Gasteiger partial charge on any atom is -0.508 e. The lowest BCUT2D eigenvalue weighted by atomic mass is 9.63. The zero-order valence-corrected chi connectivity index (χ0v) is 81.8. The summed E-state index contributed by atoms with van der Waals surface area (Å²) in [6, 6.07) is 37.4. The van der Waals surface area contributed by atoms with Crippen molar-refractivity contribution in [1.82, 2.24) is 0 Å². The quantitative estimate of drug-likeness (QED) is 0.0177. The standard InChI is InChI=1S/C43H50O9.C37H38O9.C16H18O4.C6H6O2.C6H12.C5H4O2.CH2O/c1-7-25-32(10-4)43(16-15-35(25)52-43)36(29-17-22(6)38(47)31(42(29)51)18-23-12-14-33(44)26(8-2)39(23)48)30-20-24(40(49)27(9-3)41(30)50)19-28-34(45)13-11-21(5)37(28)46;1-5-22-28(38)12-10-20(34(22)42)15-27-33(41)19(4)14-25(37(27)45)31(30-8-7-13-46-30)26-17-21(35(43)23(6-2)36(26)44)16-24-29(39)11-9-18(3)32(24)40;1-3-11-13(17)7-5-10(16(11)20)8-12-14(18)6-4-9(2)15(12)19;7-5-2-1-3-6(8)4-5;1-3-5-6-4-2;6-4-5-2-1-3-7-5;1-2/h11-17,20,25,32,35-36,44-51H,7-10,18-19H2,1-6H3;7-14,17,31,38-45H,5-6,15-16H2,1-4H3;4-7,17-20H,3,8H2,1-2H3;1-4,7-8H;5-6H,3-4H2,1-2H3;1-4H;1H2/b;;;;6-5+;;. The van der Waals surface area contributed by atoms with Gasteiger partial charge in [0.1, 0.15) is 145 Å². The lowest BCUT2D eigenvalue weighted by Crippen LogP contribution is -2.42. The van der Waals surface area contributed by atoms with Crippen LogP contribution in [0.25, 0.3) is 0 Å². The summed E-state index contributed by atoms with van der Waals surface area (Å²) in [6.45, 7) is 28.1. The summed E-state index contributed by atoms with van der Waals surface area (Å²) >= 11 is 0. The Morgan fingerprint density at radius 2 is 0.660 bits per heavy atom. The van der Waals surface area contributed by atoms with Crippen molar-refractivity contribution in [2.24, 2.45) is 11.8 Å². The van der Waals surface area contributed by atoms with Crippen LogP contribution in [0.5, 0.6) is 126 Å². The number of rotatable bonds is 26. The van der Waals surface area contributed by atoms with Crippen LogP contribution in [0.1, 0.15) is 250 Å². The fraction of sp³-hybridized carbons (Fsp3) is 0.298. The minimum absolute atomic E-state index is 0.00723. The van der Waals surface area contributed by atoms with Crippen LogP contribution >= 0.6 is 0 Å². The molecule has 15 rings (SSSR count). The van der Waals surface area contributed by atoms with E-state index >= 15 is 0 Å². The zero-order chi connectivity index (χ0) is 104. The third-order valence-electron chi connectivity index (χ3n) is 26.1. The molecule has 13 aromatic rings. The highest BCUT2D eigenvalue weighted by Gasteiger charge is 2.60. The van der Waals surface area contributed by atoms with Gasteiger partial charge in [0.25, 0.3) is 0 Å². The number of phenolic OH excluding ortho intramolecular Hbond substituents is 22. The van der Waals surface area contributed by atoms with Crippen LogP contribution in [0, 0.1) is 46.5 Å². The first-order valence-corrected chi connectivity index (χ1v) is 46.8. The summed E-state index contributed by atoms with van der Waals surface area (Å²) in [6.07, 6.45) is 17.4. The van der Waals surface area contributed by atoms with Gasteiger partial charge >= 0.3 is 0 Å². The number of ether oxygens (including phenoxy) is 1. The van der Waals surface area contributed by atoms with E-state index in [0.717, 1.165) is 12.8 Å². The van der Waals surface area contributed by atoms with Gasteiger partial charge in [0.2, 0.25) is 0 Å². The van der Waals surface area contributed by atoms with Gasteiger partial charge in [-0.25, -0.2) is 0 Å². The molecule has 6 atom stereocenters. The van der Waals surface area contributed by atoms with Crippen LogP contribution in [0.3, 0.4) is 0 Å². The number of hydrogen-bond acceptors (Lipinski definition) is 27. The van der Waals surface area contributed by atoms with E-state index in [9.17, 15) is 107 Å². The highest BCUT2D eigenvalue weighted by molar-refractivity contribution is 5.71. The molecule has 27 heteroatoms. The lowest BCUT2D eigenvalue weighted by molar-refractivity contribution is -0.0980. The molecule has 2 bridgehead atoms. The molecule has 0 spiro atoms. The molecule has 6 unspecified atom stereocenters. The molecule has 0 amide bonds. The summed E-state index contributed by atoms with van der Waals surface area (Å²) in [4.78, 5) is 17.8. The topological polar surface area (TPSA) is 515 Å². The van der Waals surface area contributed by atoms with Crippen LogP contribution in [0.15, 0.2) is 191 Å². The first kappa shape index (κ1) is 109. The third kappa shape index (κ3) is 23.7. The van der Waals surface area contributed by atoms with Crippen molar-refractivity contribution < 1.29 is 136 Å². The Kier molecular flexibility index (Phi) is 37.6. The van der Waals surface area contributed by atoms with Gasteiger partial charge in [0.05, 0.1) is 24.5 Å². The van der Waals surface area contributed by atoms with Crippen molar-refractivity contribution in [3.8, 4) is 126 Å². The van der Waals surface area contributed by atoms with Gasteiger partial charge in [-0.1, -0.05) is 136 Å². The Bertz CT molecular complexity index is 6580. The average Bonchev–Trinajstić information content (AvgIpc) is 1.55. The minimum atomic E-state index is -1.04. The number of carbonyl (C=O) groups excluding carboxylic acids is 2. The summed E-state index contributed by atoms with van der Waals surface area (Å²) < 4.78 is 17.4. The van der Waals surface area contributed by atoms with E-state index in [0.29, 0.717) is 126 Å². The van der Waals surface area contributed by atoms with Gasteiger partial charge < -0.3 is 131 Å². The Morgan fingerprint density at radius 1 is 0.326 bits per heavy atom. The smallest absolute Gasteiger partial charge is 0.185 e. The third-order valence-corrected chi connectivity index (χ3v) is 26.1. The Balaban J connectivity index is 0.000000223. The highest BCUT2D eigenvalue weighted by Crippen LogP contribution is 2.62. The molecule has 2 aromatic heterocycles. The first-order valence-electron chi connectivity index (χ1n) is 46.8. The van der Waals surface area contributed by atoms with Crippen molar-refractivity contribution in [1.29, 1.82) is 0 Å². The van der Waals surface area contributed by atoms with Crippen molar-refractivity contribution in [2.45, 2.75) is 210 Å². The molecule has 2 aliphatic heterocycles. The Labute approximate surface area is 820 Å². The monoisotopic (exact) mass is 1930 g/mol. The zero-order valence-electron chi connectivity index (χ0n) is 81.8. The number of hydrogen-bond donors (Lipinski definition) is 22. The van der Waals surface area contributed by atoms with Crippen LogP contribution in [0.2, 0.25) is 0 Å². The van der Waals surface area contributed by atoms with Gasteiger partial charge in [-0.15, -0.1) is 0 Å². The summed E-state index contributed by atoms with van der Waals surface area (Å²) in [5.41, 5.74) is 7.67. The second kappa shape index (κ2) is 48.6. The molecule has 0 aliphatic carbocycles. The number of allylic oxidation sites excluding steroid dienone is 2. The number of carbonyl (C=O) groups is 2. The van der Waals surface area contributed by atoms with E-state index in [2.05, 4.69) is 44.3 Å². The second-order valence-electron chi connectivity index (χ2n) is 34.8. The molecule has 748 valence electrons. The molecule has 1 fully saturated rings. The van der Waals surface area contributed by atoms with E-state index in [4.69, 9.17) is 24.2 Å². The molecule has 141 heavy (non-hydrogen) atoms. The fourth-order valence-corrected chi connectivity index (χ4v) is 18.6. The van der Waals surface area contributed by atoms with Crippen molar-refractivity contribution in [3.63, 3.8) is 0 Å².